The molecule has 1 aliphatic heterocycles. The highest BCUT2D eigenvalue weighted by Gasteiger charge is 2.24. The second-order valence-corrected chi connectivity index (χ2v) is 7.18. The number of likely N-dealkylation sites (tertiary alicyclic amines) is 1. The van der Waals surface area contributed by atoms with Crippen LogP contribution in [0.1, 0.15) is 42.9 Å². The summed E-state index contributed by atoms with van der Waals surface area (Å²) in [6.07, 6.45) is 3.70. The van der Waals surface area contributed by atoms with E-state index in [0.29, 0.717) is 19.6 Å². The summed E-state index contributed by atoms with van der Waals surface area (Å²) in [5.41, 5.74) is 2.62. The van der Waals surface area contributed by atoms with Gasteiger partial charge in [-0.25, -0.2) is 0 Å². The van der Waals surface area contributed by atoms with Crippen molar-refractivity contribution in [1.82, 2.24) is 10.2 Å². The maximum absolute atomic E-state index is 12.3. The largest absolute Gasteiger partial charge is 0.494 e. The zero-order valence-electron chi connectivity index (χ0n) is 16.2. The van der Waals surface area contributed by atoms with Crippen LogP contribution in [0.25, 0.3) is 0 Å². The number of hydrogen-bond acceptors (Lipinski definition) is 3. The molecule has 1 aliphatic rings. The lowest BCUT2D eigenvalue weighted by Crippen LogP contribution is -2.37. The molecule has 1 atom stereocenters. The molecule has 1 heterocycles. The number of benzene rings is 2. The Hall–Kier alpha value is -2.33. The summed E-state index contributed by atoms with van der Waals surface area (Å²) in [5.74, 6) is 0.955. The van der Waals surface area contributed by atoms with Gasteiger partial charge in [-0.2, -0.15) is 0 Å². The average Bonchev–Trinajstić information content (AvgIpc) is 3.22. The molecule has 4 nitrogen and oxygen atoms in total. The summed E-state index contributed by atoms with van der Waals surface area (Å²) in [6, 6.07) is 18.5. The van der Waals surface area contributed by atoms with Crippen LogP contribution in [0.15, 0.2) is 54.6 Å². The molecule has 4 heteroatoms. The van der Waals surface area contributed by atoms with E-state index >= 15 is 0 Å². The minimum Gasteiger partial charge on any atom is -0.494 e. The van der Waals surface area contributed by atoms with E-state index in [4.69, 9.17) is 4.74 Å². The van der Waals surface area contributed by atoms with E-state index in [1.807, 2.05) is 30.3 Å². The molecular formula is C23H30N2O2. The number of ether oxygens (including phenoxy) is 1. The van der Waals surface area contributed by atoms with Gasteiger partial charge in [0.1, 0.15) is 5.75 Å². The molecule has 0 saturated carbocycles. The molecule has 1 N–H and O–H groups in total. The van der Waals surface area contributed by atoms with Crippen molar-refractivity contribution in [3.63, 3.8) is 0 Å². The molecule has 2 aromatic carbocycles. The highest BCUT2D eigenvalue weighted by atomic mass is 16.5. The molecule has 2 aromatic rings. The monoisotopic (exact) mass is 366 g/mol. The second-order valence-electron chi connectivity index (χ2n) is 7.18. The zero-order valence-corrected chi connectivity index (χ0v) is 16.2. The lowest BCUT2D eigenvalue weighted by molar-refractivity contribution is -0.121. The molecule has 1 saturated heterocycles. The van der Waals surface area contributed by atoms with E-state index in [0.717, 1.165) is 25.3 Å². The van der Waals surface area contributed by atoms with Gasteiger partial charge in [-0.1, -0.05) is 42.5 Å². The minimum atomic E-state index is 0.101. The number of nitrogens with one attached hydrogen (secondary N) is 1. The third-order valence-electron chi connectivity index (χ3n) is 5.18. The number of carbonyl (C=O) groups excluding carboxylic acids is 1. The molecule has 3 rings (SSSR count). The normalized spacial score (nSPS) is 15.4. The Morgan fingerprint density at radius 1 is 1.07 bits per heavy atom. The Bertz CT molecular complexity index is 711. The van der Waals surface area contributed by atoms with E-state index < -0.39 is 0 Å². The van der Waals surface area contributed by atoms with Crippen LogP contribution >= 0.6 is 0 Å². The van der Waals surface area contributed by atoms with Crippen LogP contribution in [-0.2, 0) is 4.79 Å². The smallest absolute Gasteiger partial charge is 0.220 e. The standard InChI is InChI=1S/C23H30N2O2/c1-19-10-5-6-13-21(19)22(25-15-7-8-16-25)18-24-23(26)14-9-17-27-20-11-3-2-4-12-20/h2-6,10-13,22H,7-9,14-18H2,1H3,(H,24,26). The van der Waals surface area contributed by atoms with Gasteiger partial charge in [0.15, 0.2) is 0 Å². The number of rotatable bonds is 9. The fraction of sp³-hybridized carbons (Fsp3) is 0.435. The highest BCUT2D eigenvalue weighted by molar-refractivity contribution is 5.75. The fourth-order valence-corrected chi connectivity index (χ4v) is 3.69. The first kappa shape index (κ1) is 19.4. The van der Waals surface area contributed by atoms with Crippen molar-refractivity contribution in [2.75, 3.05) is 26.2 Å². The number of nitrogens with zero attached hydrogens (tertiary/aromatic N) is 1. The topological polar surface area (TPSA) is 41.6 Å². The summed E-state index contributed by atoms with van der Waals surface area (Å²) in [7, 11) is 0. The Morgan fingerprint density at radius 3 is 2.52 bits per heavy atom. The van der Waals surface area contributed by atoms with Crippen LogP contribution in [-0.4, -0.2) is 37.0 Å². The molecule has 27 heavy (non-hydrogen) atoms. The SMILES string of the molecule is Cc1ccccc1C(CNC(=O)CCCOc1ccccc1)N1CCCC1. The second kappa shape index (κ2) is 10.1. The molecule has 144 valence electrons. The number of amides is 1. The van der Waals surface area contributed by atoms with Gasteiger partial charge in [0, 0.05) is 13.0 Å². The summed E-state index contributed by atoms with van der Waals surface area (Å²) in [4.78, 5) is 14.8. The molecule has 0 radical (unpaired) electrons. The Kier molecular flexibility index (Phi) is 7.28. The predicted octanol–water partition coefficient (Wildman–Crippen LogP) is 4.11. The van der Waals surface area contributed by atoms with Gasteiger partial charge in [-0.3, -0.25) is 9.69 Å². The lowest BCUT2D eigenvalue weighted by Gasteiger charge is -2.29. The van der Waals surface area contributed by atoms with Crippen LogP contribution in [0.5, 0.6) is 5.75 Å². The van der Waals surface area contributed by atoms with Crippen molar-refractivity contribution in [3.8, 4) is 5.75 Å². The van der Waals surface area contributed by atoms with Crippen LogP contribution in [0.3, 0.4) is 0 Å². The first-order chi connectivity index (χ1) is 13.2. The van der Waals surface area contributed by atoms with Gasteiger partial charge in [0.2, 0.25) is 5.91 Å². The van der Waals surface area contributed by atoms with E-state index in [-0.39, 0.29) is 11.9 Å². The predicted molar refractivity (Wildman–Crippen MR) is 109 cm³/mol. The number of hydrogen-bond donors (Lipinski definition) is 1. The maximum atomic E-state index is 12.3. The van der Waals surface area contributed by atoms with E-state index in [1.165, 1.54) is 24.0 Å². The Labute approximate surface area is 162 Å². The molecule has 0 spiro atoms. The molecular weight excluding hydrogens is 336 g/mol. The van der Waals surface area contributed by atoms with Gasteiger partial charge in [-0.05, 0) is 62.5 Å². The molecule has 1 amide bonds. The number of aryl methyl sites for hydroxylation is 1. The van der Waals surface area contributed by atoms with Crippen LogP contribution < -0.4 is 10.1 Å². The first-order valence-electron chi connectivity index (χ1n) is 9.98. The summed E-state index contributed by atoms with van der Waals surface area (Å²) in [5, 5.41) is 3.15. The van der Waals surface area contributed by atoms with Crippen molar-refractivity contribution in [1.29, 1.82) is 0 Å². The van der Waals surface area contributed by atoms with E-state index in [9.17, 15) is 4.79 Å². The molecule has 1 unspecified atom stereocenters. The highest BCUT2D eigenvalue weighted by Crippen LogP contribution is 2.26. The van der Waals surface area contributed by atoms with Gasteiger partial charge in [0.05, 0.1) is 12.6 Å². The summed E-state index contributed by atoms with van der Waals surface area (Å²) >= 11 is 0. The van der Waals surface area contributed by atoms with Crippen molar-refractivity contribution in [2.24, 2.45) is 0 Å². The summed E-state index contributed by atoms with van der Waals surface area (Å²) < 4.78 is 5.66. The van der Waals surface area contributed by atoms with Gasteiger partial charge in [-0.15, -0.1) is 0 Å². The molecule has 0 aromatic heterocycles. The van der Waals surface area contributed by atoms with Gasteiger partial charge in [0.25, 0.3) is 0 Å². The summed E-state index contributed by atoms with van der Waals surface area (Å²) in [6.45, 7) is 5.61. The van der Waals surface area contributed by atoms with E-state index in [2.05, 4.69) is 41.4 Å². The van der Waals surface area contributed by atoms with Crippen molar-refractivity contribution in [3.05, 3.63) is 65.7 Å². The van der Waals surface area contributed by atoms with Crippen molar-refractivity contribution >= 4 is 5.91 Å². The third-order valence-corrected chi connectivity index (χ3v) is 5.18. The molecule has 0 bridgehead atoms. The lowest BCUT2D eigenvalue weighted by atomic mass is 10.00. The number of para-hydroxylation sites is 1. The average molecular weight is 367 g/mol. The minimum absolute atomic E-state index is 0.101. The van der Waals surface area contributed by atoms with Gasteiger partial charge < -0.3 is 10.1 Å². The molecule has 0 aliphatic carbocycles. The maximum Gasteiger partial charge on any atom is 0.220 e. The van der Waals surface area contributed by atoms with Gasteiger partial charge >= 0.3 is 0 Å². The molecule has 1 fully saturated rings. The van der Waals surface area contributed by atoms with Crippen molar-refractivity contribution < 1.29 is 9.53 Å². The van der Waals surface area contributed by atoms with E-state index in [1.54, 1.807) is 0 Å². The van der Waals surface area contributed by atoms with Crippen LogP contribution in [0.4, 0.5) is 0 Å². The third kappa shape index (κ3) is 5.83. The Morgan fingerprint density at radius 2 is 1.78 bits per heavy atom. The first-order valence-corrected chi connectivity index (χ1v) is 9.98. The quantitative estimate of drug-likeness (QED) is 0.679. The van der Waals surface area contributed by atoms with Crippen LogP contribution in [0, 0.1) is 6.92 Å². The fourth-order valence-electron chi connectivity index (χ4n) is 3.69. The van der Waals surface area contributed by atoms with Crippen LogP contribution in [0.2, 0.25) is 0 Å². The Balaban J connectivity index is 1.46. The zero-order chi connectivity index (χ0) is 18.9. The van der Waals surface area contributed by atoms with Crippen molar-refractivity contribution in [2.45, 2.75) is 38.6 Å². The number of carbonyl (C=O) groups is 1.